The molecule has 0 saturated carbocycles. The molecule has 1 aliphatic rings. The molecule has 0 aliphatic carbocycles. The van der Waals surface area contributed by atoms with Crippen LogP contribution in [0.25, 0.3) is 0 Å². The van der Waals surface area contributed by atoms with Gasteiger partial charge in [0.15, 0.2) is 15.0 Å². The van der Waals surface area contributed by atoms with Crippen LogP contribution < -0.4 is 16.0 Å². The second-order valence-electron chi connectivity index (χ2n) is 6.23. The van der Waals surface area contributed by atoms with Gasteiger partial charge in [0.25, 0.3) is 0 Å². The van der Waals surface area contributed by atoms with Gasteiger partial charge >= 0.3 is 6.03 Å². The molecule has 10 heteroatoms. The van der Waals surface area contributed by atoms with E-state index in [1.807, 2.05) is 13.8 Å². The van der Waals surface area contributed by atoms with E-state index in [1.54, 1.807) is 11.6 Å². The number of anilines is 1. The van der Waals surface area contributed by atoms with E-state index < -0.39 is 28.0 Å². The summed E-state index contributed by atoms with van der Waals surface area (Å²) in [5.41, 5.74) is 0. The zero-order chi connectivity index (χ0) is 17.7. The topological polar surface area (TPSA) is 117 Å². The summed E-state index contributed by atoms with van der Waals surface area (Å²) in [7, 11) is -3.07. The maximum atomic E-state index is 12.3. The van der Waals surface area contributed by atoms with Gasteiger partial charge in [-0.25, -0.2) is 18.2 Å². The number of carbonyl (C=O) groups excluding carboxylic acids is 2. The van der Waals surface area contributed by atoms with Crippen molar-refractivity contribution in [2.24, 2.45) is 5.92 Å². The minimum Gasteiger partial charge on any atom is -0.334 e. The Bertz CT molecular complexity index is 673. The van der Waals surface area contributed by atoms with E-state index in [1.165, 1.54) is 11.3 Å². The summed E-state index contributed by atoms with van der Waals surface area (Å²) in [5.74, 6) is -0.115. The number of amides is 3. The van der Waals surface area contributed by atoms with Gasteiger partial charge in [0.2, 0.25) is 5.91 Å². The SMILES string of the molecule is CC(C)C[C@H](NC(=O)N[C@@H]1CCS(=O)(=O)C1)C(=O)Nc1nccs1. The molecule has 0 radical (unpaired) electrons. The van der Waals surface area contributed by atoms with Crippen LogP contribution in [0.3, 0.4) is 0 Å². The number of carbonyl (C=O) groups is 2. The van der Waals surface area contributed by atoms with E-state index in [9.17, 15) is 18.0 Å². The molecule has 0 spiro atoms. The lowest BCUT2D eigenvalue weighted by molar-refractivity contribution is -0.118. The average molecular weight is 374 g/mol. The Hall–Kier alpha value is -1.68. The lowest BCUT2D eigenvalue weighted by atomic mass is 10.0. The summed E-state index contributed by atoms with van der Waals surface area (Å²) in [5, 5.41) is 10.1. The first-order chi connectivity index (χ1) is 11.2. The zero-order valence-corrected chi connectivity index (χ0v) is 15.2. The van der Waals surface area contributed by atoms with E-state index >= 15 is 0 Å². The van der Waals surface area contributed by atoms with Gasteiger partial charge in [-0.1, -0.05) is 13.8 Å². The smallest absolute Gasteiger partial charge is 0.315 e. The largest absolute Gasteiger partial charge is 0.334 e. The second kappa shape index (κ2) is 7.93. The third-order valence-corrected chi connectivity index (χ3v) is 6.02. The number of nitrogens with zero attached hydrogens (tertiary/aromatic N) is 1. The van der Waals surface area contributed by atoms with Gasteiger partial charge in [-0.05, 0) is 18.8 Å². The molecule has 0 bridgehead atoms. The molecule has 1 aliphatic heterocycles. The number of sulfone groups is 1. The first-order valence-electron chi connectivity index (χ1n) is 7.73. The fourth-order valence-electron chi connectivity index (χ4n) is 2.47. The Morgan fingerprint density at radius 1 is 1.42 bits per heavy atom. The number of nitrogens with one attached hydrogen (secondary N) is 3. The molecule has 3 amide bonds. The fourth-order valence-corrected chi connectivity index (χ4v) is 4.68. The maximum absolute atomic E-state index is 12.3. The number of urea groups is 1. The predicted molar refractivity (Wildman–Crippen MR) is 92.7 cm³/mol. The summed E-state index contributed by atoms with van der Waals surface area (Å²) in [6.07, 6.45) is 2.45. The summed E-state index contributed by atoms with van der Waals surface area (Å²) in [6, 6.07) is -1.65. The number of hydrogen-bond acceptors (Lipinski definition) is 6. The van der Waals surface area contributed by atoms with Gasteiger partial charge in [-0.15, -0.1) is 11.3 Å². The molecule has 8 nitrogen and oxygen atoms in total. The Kier molecular flexibility index (Phi) is 6.16. The molecule has 2 heterocycles. The van der Waals surface area contributed by atoms with Crippen LogP contribution >= 0.6 is 11.3 Å². The monoisotopic (exact) mass is 374 g/mol. The second-order valence-corrected chi connectivity index (χ2v) is 9.35. The van der Waals surface area contributed by atoms with Crippen LogP contribution in [-0.4, -0.2) is 48.9 Å². The average Bonchev–Trinajstić information content (AvgIpc) is 3.07. The molecule has 24 heavy (non-hydrogen) atoms. The van der Waals surface area contributed by atoms with E-state index in [-0.39, 0.29) is 23.3 Å². The molecule has 1 saturated heterocycles. The van der Waals surface area contributed by atoms with Gasteiger partial charge in [-0.3, -0.25) is 4.79 Å². The van der Waals surface area contributed by atoms with Crippen molar-refractivity contribution in [3.63, 3.8) is 0 Å². The summed E-state index contributed by atoms with van der Waals surface area (Å²) in [4.78, 5) is 28.4. The van der Waals surface area contributed by atoms with E-state index in [4.69, 9.17) is 0 Å². The molecule has 3 N–H and O–H groups in total. The molecule has 0 unspecified atom stereocenters. The Morgan fingerprint density at radius 2 is 2.17 bits per heavy atom. The van der Waals surface area contributed by atoms with Crippen molar-refractivity contribution in [3.8, 4) is 0 Å². The van der Waals surface area contributed by atoms with Crippen LogP contribution in [0, 0.1) is 5.92 Å². The van der Waals surface area contributed by atoms with Crippen LogP contribution in [-0.2, 0) is 14.6 Å². The molecule has 0 aromatic carbocycles. The summed E-state index contributed by atoms with van der Waals surface area (Å²) in [6.45, 7) is 3.90. The Balaban J connectivity index is 1.92. The number of hydrogen-bond donors (Lipinski definition) is 3. The molecule has 1 aromatic heterocycles. The normalized spacial score (nSPS) is 20.5. The third kappa shape index (κ3) is 5.75. The van der Waals surface area contributed by atoms with Crippen molar-refractivity contribution < 1.29 is 18.0 Å². The van der Waals surface area contributed by atoms with Crippen molar-refractivity contribution in [1.29, 1.82) is 0 Å². The Morgan fingerprint density at radius 3 is 2.71 bits per heavy atom. The van der Waals surface area contributed by atoms with Crippen molar-refractivity contribution in [2.45, 2.75) is 38.8 Å². The van der Waals surface area contributed by atoms with Crippen molar-refractivity contribution in [1.82, 2.24) is 15.6 Å². The van der Waals surface area contributed by atoms with E-state index in [0.717, 1.165) is 0 Å². The van der Waals surface area contributed by atoms with Crippen LogP contribution in [0.2, 0.25) is 0 Å². The Labute approximate surface area is 145 Å². The quantitative estimate of drug-likeness (QED) is 0.686. The van der Waals surface area contributed by atoms with Crippen molar-refractivity contribution in [3.05, 3.63) is 11.6 Å². The molecular formula is C14H22N4O4S2. The maximum Gasteiger partial charge on any atom is 0.315 e. The number of aromatic nitrogens is 1. The molecule has 134 valence electrons. The summed E-state index contributed by atoms with van der Waals surface area (Å²) < 4.78 is 22.9. The molecular weight excluding hydrogens is 352 g/mol. The minimum absolute atomic E-state index is 0.0550. The standard InChI is InChI=1S/C14H22N4O4S2/c1-9(2)7-11(12(19)18-14-15-4-5-23-14)17-13(20)16-10-3-6-24(21,22)8-10/h4-5,9-11H,3,6-8H2,1-2H3,(H,15,18,19)(H2,16,17,20)/t10-,11+/m1/s1. The van der Waals surface area contributed by atoms with Crippen molar-refractivity contribution in [2.75, 3.05) is 16.8 Å². The molecule has 1 aromatic rings. The van der Waals surface area contributed by atoms with Crippen LogP contribution in [0.15, 0.2) is 11.6 Å². The van der Waals surface area contributed by atoms with Crippen LogP contribution in [0.1, 0.15) is 26.7 Å². The highest BCUT2D eigenvalue weighted by molar-refractivity contribution is 7.91. The molecule has 2 atom stereocenters. The van der Waals surface area contributed by atoms with Crippen LogP contribution in [0.4, 0.5) is 9.93 Å². The van der Waals surface area contributed by atoms with Gasteiger partial charge < -0.3 is 16.0 Å². The van der Waals surface area contributed by atoms with Gasteiger partial charge in [0, 0.05) is 17.6 Å². The highest BCUT2D eigenvalue weighted by atomic mass is 32.2. The lowest BCUT2D eigenvalue weighted by Crippen LogP contribution is -2.51. The highest BCUT2D eigenvalue weighted by Crippen LogP contribution is 2.14. The lowest BCUT2D eigenvalue weighted by Gasteiger charge is -2.21. The molecule has 1 fully saturated rings. The third-order valence-electron chi connectivity index (χ3n) is 3.56. The number of rotatable bonds is 6. The summed E-state index contributed by atoms with van der Waals surface area (Å²) >= 11 is 1.29. The fraction of sp³-hybridized carbons (Fsp3) is 0.643. The van der Waals surface area contributed by atoms with Gasteiger partial charge in [0.1, 0.15) is 6.04 Å². The van der Waals surface area contributed by atoms with E-state index in [2.05, 4.69) is 20.9 Å². The van der Waals surface area contributed by atoms with Gasteiger partial charge in [-0.2, -0.15) is 0 Å². The highest BCUT2D eigenvalue weighted by Gasteiger charge is 2.30. The van der Waals surface area contributed by atoms with E-state index in [0.29, 0.717) is 18.0 Å². The first-order valence-corrected chi connectivity index (χ1v) is 10.4. The zero-order valence-electron chi connectivity index (χ0n) is 13.6. The number of thiazole rings is 1. The van der Waals surface area contributed by atoms with Crippen LogP contribution in [0.5, 0.6) is 0 Å². The first kappa shape index (κ1) is 18.7. The predicted octanol–water partition coefficient (Wildman–Crippen LogP) is 0.983. The minimum atomic E-state index is -3.07. The van der Waals surface area contributed by atoms with Gasteiger partial charge in [0.05, 0.1) is 11.5 Å². The van der Waals surface area contributed by atoms with Crippen molar-refractivity contribution >= 4 is 38.2 Å². The molecule has 2 rings (SSSR count).